The zero-order valence-electron chi connectivity index (χ0n) is 18.8. The number of hydrogen-bond acceptors (Lipinski definition) is 2. The Morgan fingerprint density at radius 2 is 1.40 bits per heavy atom. The van der Waals surface area contributed by atoms with E-state index in [0.29, 0.717) is 6.54 Å². The number of carbonyl (C=O) groups excluding carboxylic acids is 2. The van der Waals surface area contributed by atoms with Crippen LogP contribution in [0.1, 0.15) is 71.9 Å². The van der Waals surface area contributed by atoms with E-state index in [1.54, 1.807) is 0 Å². The average Bonchev–Trinajstić information content (AvgIpc) is 2.65. The van der Waals surface area contributed by atoms with Gasteiger partial charge in [-0.3, -0.25) is 9.59 Å². The second kappa shape index (κ2) is 8.63. The molecule has 0 unspecified atom stereocenters. The molecule has 0 bridgehead atoms. The number of aryl methyl sites for hydroxylation is 2. The first-order valence-electron chi connectivity index (χ1n) is 10.8. The van der Waals surface area contributed by atoms with Crippen LogP contribution in [0.4, 0.5) is 0 Å². The minimum absolute atomic E-state index is 0.0119. The lowest BCUT2D eigenvalue weighted by atomic mass is 9.62. The summed E-state index contributed by atoms with van der Waals surface area (Å²) in [5.74, 6) is -0.0414. The van der Waals surface area contributed by atoms with Crippen molar-refractivity contribution in [3.63, 3.8) is 0 Å². The van der Waals surface area contributed by atoms with E-state index in [2.05, 4.69) is 31.4 Å². The fraction of sp³-hybridized carbons (Fsp3) is 0.462. The molecule has 0 aliphatic heterocycles. The van der Waals surface area contributed by atoms with Crippen LogP contribution in [0.15, 0.2) is 48.5 Å². The normalized spacial score (nSPS) is 22.9. The number of amides is 2. The molecule has 160 valence electrons. The molecule has 0 aromatic heterocycles. The third-order valence-corrected chi connectivity index (χ3v) is 6.23. The van der Waals surface area contributed by atoms with Crippen molar-refractivity contribution < 1.29 is 9.59 Å². The summed E-state index contributed by atoms with van der Waals surface area (Å²) in [5.41, 5.74) is 3.43. The second-order valence-electron chi connectivity index (χ2n) is 10.0. The largest absolute Gasteiger partial charge is 0.351 e. The van der Waals surface area contributed by atoms with E-state index in [0.717, 1.165) is 41.5 Å². The molecule has 2 amide bonds. The average molecular weight is 407 g/mol. The summed E-state index contributed by atoms with van der Waals surface area (Å²) in [5, 5.41) is 6.41. The second-order valence-corrected chi connectivity index (χ2v) is 10.0. The highest BCUT2D eigenvalue weighted by Crippen LogP contribution is 2.45. The monoisotopic (exact) mass is 406 g/mol. The Morgan fingerprint density at radius 1 is 0.867 bits per heavy atom. The molecular formula is C26H34N2O2. The first-order valence-corrected chi connectivity index (χ1v) is 10.8. The highest BCUT2D eigenvalue weighted by Gasteiger charge is 2.42. The van der Waals surface area contributed by atoms with Gasteiger partial charge in [-0.2, -0.15) is 0 Å². The van der Waals surface area contributed by atoms with Gasteiger partial charge in [0, 0.05) is 23.7 Å². The molecule has 30 heavy (non-hydrogen) atoms. The van der Waals surface area contributed by atoms with E-state index in [9.17, 15) is 9.59 Å². The number of carbonyl (C=O) groups is 2. The molecule has 4 nitrogen and oxygen atoms in total. The first kappa shape index (κ1) is 22.1. The maximum Gasteiger partial charge on any atom is 0.251 e. The highest BCUT2D eigenvalue weighted by molar-refractivity contribution is 5.96. The fourth-order valence-corrected chi connectivity index (χ4v) is 5.18. The lowest BCUT2D eigenvalue weighted by Crippen LogP contribution is -2.50. The van der Waals surface area contributed by atoms with Gasteiger partial charge < -0.3 is 10.6 Å². The van der Waals surface area contributed by atoms with Crippen molar-refractivity contribution in [1.82, 2.24) is 10.6 Å². The van der Waals surface area contributed by atoms with Crippen LogP contribution in [-0.2, 0) is 0 Å². The van der Waals surface area contributed by atoms with Crippen LogP contribution in [0, 0.1) is 24.7 Å². The zero-order chi connectivity index (χ0) is 21.9. The van der Waals surface area contributed by atoms with Crippen molar-refractivity contribution in [3.05, 3.63) is 70.8 Å². The highest BCUT2D eigenvalue weighted by atomic mass is 16.2. The summed E-state index contributed by atoms with van der Waals surface area (Å²) in [4.78, 5) is 25.6. The van der Waals surface area contributed by atoms with Crippen molar-refractivity contribution >= 4 is 11.8 Å². The van der Waals surface area contributed by atoms with Crippen molar-refractivity contribution in [2.75, 3.05) is 6.54 Å². The van der Waals surface area contributed by atoms with Crippen LogP contribution in [0.25, 0.3) is 0 Å². The van der Waals surface area contributed by atoms with Gasteiger partial charge >= 0.3 is 0 Å². The summed E-state index contributed by atoms with van der Waals surface area (Å²) < 4.78 is 0. The molecular weight excluding hydrogens is 372 g/mol. The summed E-state index contributed by atoms with van der Waals surface area (Å²) >= 11 is 0. The lowest BCUT2D eigenvalue weighted by molar-refractivity contribution is 0.0591. The van der Waals surface area contributed by atoms with Crippen molar-refractivity contribution in [1.29, 1.82) is 0 Å². The standard InChI is InChI=1S/C26H34N2O2/c1-18-10-6-8-12-21(18)23(29)27-17-26(5)15-20(14-25(3,4)16-26)28-24(30)22-13-9-7-11-19(22)2/h6-13,20H,14-17H2,1-5H3,(H,27,29)(H,28,30)/t20-,26-/m1/s1. The molecule has 0 radical (unpaired) electrons. The van der Waals surface area contributed by atoms with Crippen LogP contribution in [0.3, 0.4) is 0 Å². The maximum absolute atomic E-state index is 12.9. The van der Waals surface area contributed by atoms with Crippen LogP contribution >= 0.6 is 0 Å². The molecule has 1 fully saturated rings. The van der Waals surface area contributed by atoms with E-state index >= 15 is 0 Å². The van der Waals surface area contributed by atoms with E-state index in [1.807, 2.05) is 62.4 Å². The minimum atomic E-state index is -0.0796. The Labute approximate surface area is 180 Å². The lowest BCUT2D eigenvalue weighted by Gasteiger charge is -2.47. The molecule has 4 heteroatoms. The Morgan fingerprint density at radius 3 is 1.97 bits per heavy atom. The smallest absolute Gasteiger partial charge is 0.251 e. The first-order chi connectivity index (χ1) is 14.1. The topological polar surface area (TPSA) is 58.2 Å². The zero-order valence-corrected chi connectivity index (χ0v) is 18.8. The predicted molar refractivity (Wildman–Crippen MR) is 122 cm³/mol. The van der Waals surface area contributed by atoms with Crippen molar-refractivity contribution in [3.8, 4) is 0 Å². The summed E-state index contributed by atoms with van der Waals surface area (Å²) in [6, 6.07) is 15.4. The van der Waals surface area contributed by atoms with Crippen LogP contribution < -0.4 is 10.6 Å². The molecule has 1 saturated carbocycles. The van der Waals surface area contributed by atoms with Gasteiger partial charge in [0.05, 0.1) is 0 Å². The van der Waals surface area contributed by atoms with Gasteiger partial charge in [-0.15, -0.1) is 0 Å². The van der Waals surface area contributed by atoms with Crippen LogP contribution in [0.2, 0.25) is 0 Å². The minimum Gasteiger partial charge on any atom is -0.351 e. The molecule has 2 atom stereocenters. The Kier molecular flexibility index (Phi) is 6.35. The van der Waals surface area contributed by atoms with Gasteiger partial charge in [-0.05, 0) is 67.2 Å². The Balaban J connectivity index is 1.69. The summed E-state index contributed by atoms with van der Waals surface area (Å²) in [6.07, 6.45) is 2.79. The van der Waals surface area contributed by atoms with E-state index in [4.69, 9.17) is 0 Å². The van der Waals surface area contributed by atoms with Gasteiger partial charge in [0.2, 0.25) is 0 Å². The van der Waals surface area contributed by atoms with Crippen molar-refractivity contribution in [2.24, 2.45) is 10.8 Å². The Bertz CT molecular complexity index is 934. The number of nitrogens with one attached hydrogen (secondary N) is 2. The molecule has 3 rings (SSSR count). The number of hydrogen-bond donors (Lipinski definition) is 2. The van der Waals surface area contributed by atoms with Crippen LogP contribution in [0.5, 0.6) is 0 Å². The maximum atomic E-state index is 12.9. The van der Waals surface area contributed by atoms with Crippen molar-refractivity contribution in [2.45, 2.75) is 59.9 Å². The van der Waals surface area contributed by atoms with E-state index in [-0.39, 0.29) is 28.7 Å². The molecule has 0 saturated heterocycles. The predicted octanol–water partition coefficient (Wildman–Crippen LogP) is 5.05. The molecule has 2 N–H and O–H groups in total. The summed E-state index contributed by atoms with van der Waals surface area (Å²) in [7, 11) is 0. The molecule has 2 aromatic rings. The summed E-state index contributed by atoms with van der Waals surface area (Å²) in [6.45, 7) is 11.2. The number of rotatable bonds is 5. The van der Waals surface area contributed by atoms with Gasteiger partial charge in [0.15, 0.2) is 0 Å². The third kappa shape index (κ3) is 5.29. The SMILES string of the molecule is Cc1ccccc1C(=O)NC[C@]1(C)C[C@H](NC(=O)c2ccccc2C)CC(C)(C)C1. The van der Waals surface area contributed by atoms with Gasteiger partial charge in [0.25, 0.3) is 11.8 Å². The molecule has 1 aliphatic carbocycles. The Hall–Kier alpha value is -2.62. The van der Waals surface area contributed by atoms with E-state index in [1.165, 1.54) is 0 Å². The molecule has 0 spiro atoms. The quantitative estimate of drug-likeness (QED) is 0.730. The molecule has 1 aliphatic rings. The number of benzene rings is 2. The van der Waals surface area contributed by atoms with Gasteiger partial charge in [-0.1, -0.05) is 57.2 Å². The van der Waals surface area contributed by atoms with E-state index < -0.39 is 0 Å². The van der Waals surface area contributed by atoms with Gasteiger partial charge in [0.1, 0.15) is 0 Å². The van der Waals surface area contributed by atoms with Gasteiger partial charge in [-0.25, -0.2) is 0 Å². The molecule has 2 aromatic carbocycles. The molecule has 0 heterocycles. The third-order valence-electron chi connectivity index (χ3n) is 6.23. The fourth-order valence-electron chi connectivity index (χ4n) is 5.18. The van der Waals surface area contributed by atoms with Crippen LogP contribution in [-0.4, -0.2) is 24.4 Å².